The molecule has 5 nitrogen and oxygen atoms in total. The van der Waals surface area contributed by atoms with Crippen molar-refractivity contribution in [2.24, 2.45) is 0 Å². The highest BCUT2D eigenvalue weighted by atomic mass is 32.2. The molecule has 1 N–H and O–H groups in total. The summed E-state index contributed by atoms with van der Waals surface area (Å²) in [6.45, 7) is 7.61. The van der Waals surface area contributed by atoms with Crippen LogP contribution in [0, 0.1) is 13.8 Å². The minimum absolute atomic E-state index is 0.137. The summed E-state index contributed by atoms with van der Waals surface area (Å²) >= 11 is 0. The van der Waals surface area contributed by atoms with Gasteiger partial charge in [0.25, 0.3) is 0 Å². The Hall–Kier alpha value is -2.34. The van der Waals surface area contributed by atoms with E-state index in [2.05, 4.69) is 5.32 Å². The van der Waals surface area contributed by atoms with Crippen LogP contribution in [0.3, 0.4) is 0 Å². The van der Waals surface area contributed by atoms with E-state index in [-0.39, 0.29) is 18.4 Å². The van der Waals surface area contributed by atoms with Crippen LogP contribution in [-0.2, 0) is 14.8 Å². The summed E-state index contributed by atoms with van der Waals surface area (Å²) in [5.74, 6) is -0.236. The second-order valence-electron chi connectivity index (χ2n) is 6.78. The minimum Gasteiger partial charge on any atom is -0.324 e. The summed E-state index contributed by atoms with van der Waals surface area (Å²) in [5.41, 5.74) is 4.15. The molecule has 0 aliphatic heterocycles. The van der Waals surface area contributed by atoms with E-state index in [0.717, 1.165) is 22.9 Å². The highest BCUT2D eigenvalue weighted by molar-refractivity contribution is 7.92. The zero-order valence-corrected chi connectivity index (χ0v) is 16.7. The molecule has 2 rings (SSSR count). The first kappa shape index (κ1) is 20.0. The lowest BCUT2D eigenvalue weighted by Gasteiger charge is -2.25. The van der Waals surface area contributed by atoms with Gasteiger partial charge in [-0.15, -0.1) is 0 Å². The Morgan fingerprint density at radius 2 is 1.73 bits per heavy atom. The number of aryl methyl sites for hydroxylation is 1. The third-order valence-corrected chi connectivity index (χ3v) is 5.52. The number of nitrogens with zero attached hydrogens (tertiary/aromatic N) is 1. The molecule has 6 heteroatoms. The minimum atomic E-state index is -3.61. The fraction of sp³-hybridized carbons (Fsp3) is 0.350. The normalized spacial score (nSPS) is 11.5. The number of hydrogen-bond donors (Lipinski definition) is 1. The molecular weight excluding hydrogens is 348 g/mol. The molecule has 1 amide bonds. The highest BCUT2D eigenvalue weighted by Gasteiger charge is 2.24. The predicted octanol–water partition coefficient (Wildman–Crippen LogP) is 3.83. The van der Waals surface area contributed by atoms with Gasteiger partial charge in [-0.1, -0.05) is 44.2 Å². The van der Waals surface area contributed by atoms with E-state index < -0.39 is 10.0 Å². The number of rotatable bonds is 6. The molecule has 0 atom stereocenters. The molecule has 0 spiro atoms. The molecule has 0 aliphatic carbocycles. The van der Waals surface area contributed by atoms with Crippen molar-refractivity contribution in [3.8, 4) is 0 Å². The van der Waals surface area contributed by atoms with Crippen molar-refractivity contribution in [3.63, 3.8) is 0 Å². The first-order chi connectivity index (χ1) is 12.1. The summed E-state index contributed by atoms with van der Waals surface area (Å²) in [4.78, 5) is 12.6. The van der Waals surface area contributed by atoms with Gasteiger partial charge in [0.1, 0.15) is 6.54 Å². The monoisotopic (exact) mass is 374 g/mol. The molecular formula is C20H26N2O3S. The van der Waals surface area contributed by atoms with Crippen molar-refractivity contribution in [2.75, 3.05) is 22.4 Å². The standard InChI is InChI=1S/C20H26N2O3S/c1-14(2)17-10-6-7-12-19(17)22(26(5,24)25)13-20(23)21-18-11-8-9-15(3)16(18)4/h6-12,14H,13H2,1-5H3,(H,21,23). The van der Waals surface area contributed by atoms with Gasteiger partial charge in [-0.2, -0.15) is 0 Å². The summed E-state index contributed by atoms with van der Waals surface area (Å²) < 4.78 is 25.9. The van der Waals surface area contributed by atoms with Crippen LogP contribution in [-0.4, -0.2) is 27.1 Å². The van der Waals surface area contributed by atoms with E-state index in [0.29, 0.717) is 11.4 Å². The lowest BCUT2D eigenvalue weighted by atomic mass is 10.0. The molecule has 0 fully saturated rings. The lowest BCUT2D eigenvalue weighted by molar-refractivity contribution is -0.114. The summed E-state index contributed by atoms with van der Waals surface area (Å²) in [7, 11) is -3.61. The Kier molecular flexibility index (Phi) is 6.08. The Balaban J connectivity index is 2.33. The Morgan fingerprint density at radius 3 is 2.35 bits per heavy atom. The van der Waals surface area contributed by atoms with Gasteiger partial charge in [0.2, 0.25) is 15.9 Å². The number of para-hydroxylation sites is 1. The third kappa shape index (κ3) is 4.64. The largest absolute Gasteiger partial charge is 0.324 e. The fourth-order valence-corrected chi connectivity index (χ4v) is 3.67. The molecule has 0 bridgehead atoms. The number of carbonyl (C=O) groups is 1. The molecule has 0 unspecified atom stereocenters. The molecule has 26 heavy (non-hydrogen) atoms. The van der Waals surface area contributed by atoms with Crippen molar-refractivity contribution < 1.29 is 13.2 Å². The van der Waals surface area contributed by atoms with E-state index in [1.54, 1.807) is 12.1 Å². The van der Waals surface area contributed by atoms with Crippen molar-refractivity contribution >= 4 is 27.3 Å². The van der Waals surface area contributed by atoms with Crippen LogP contribution in [0.15, 0.2) is 42.5 Å². The van der Waals surface area contributed by atoms with Crippen LogP contribution < -0.4 is 9.62 Å². The second-order valence-corrected chi connectivity index (χ2v) is 8.69. The quantitative estimate of drug-likeness (QED) is 0.835. The topological polar surface area (TPSA) is 66.5 Å². The number of nitrogens with one attached hydrogen (secondary N) is 1. The maximum Gasteiger partial charge on any atom is 0.245 e. The van der Waals surface area contributed by atoms with Gasteiger partial charge < -0.3 is 5.32 Å². The second kappa shape index (κ2) is 7.91. The first-order valence-corrected chi connectivity index (χ1v) is 10.4. The zero-order chi connectivity index (χ0) is 19.5. The maximum atomic E-state index is 12.6. The first-order valence-electron chi connectivity index (χ1n) is 8.54. The van der Waals surface area contributed by atoms with Gasteiger partial charge in [0, 0.05) is 5.69 Å². The number of hydrogen-bond acceptors (Lipinski definition) is 3. The Bertz CT molecular complexity index is 905. The Labute approximate surface area is 156 Å². The van der Waals surface area contributed by atoms with Gasteiger partial charge in [0.15, 0.2) is 0 Å². The molecule has 0 saturated heterocycles. The van der Waals surface area contributed by atoms with Gasteiger partial charge >= 0.3 is 0 Å². The van der Waals surface area contributed by atoms with Crippen molar-refractivity contribution in [1.82, 2.24) is 0 Å². The number of sulfonamides is 1. The van der Waals surface area contributed by atoms with E-state index in [4.69, 9.17) is 0 Å². The molecule has 140 valence electrons. The van der Waals surface area contributed by atoms with Gasteiger partial charge in [-0.05, 0) is 48.6 Å². The van der Waals surface area contributed by atoms with Gasteiger partial charge in [-0.25, -0.2) is 8.42 Å². The van der Waals surface area contributed by atoms with Crippen molar-refractivity contribution in [2.45, 2.75) is 33.6 Å². The number of amides is 1. The molecule has 2 aromatic carbocycles. The highest BCUT2D eigenvalue weighted by Crippen LogP contribution is 2.29. The van der Waals surface area contributed by atoms with Crippen LogP contribution >= 0.6 is 0 Å². The van der Waals surface area contributed by atoms with Crippen LogP contribution in [0.2, 0.25) is 0 Å². The summed E-state index contributed by atoms with van der Waals surface area (Å²) in [5, 5.41) is 2.83. The molecule has 2 aromatic rings. The molecule has 0 aliphatic rings. The average molecular weight is 375 g/mol. The maximum absolute atomic E-state index is 12.6. The lowest BCUT2D eigenvalue weighted by Crippen LogP contribution is -2.38. The predicted molar refractivity (Wildman–Crippen MR) is 107 cm³/mol. The smallest absolute Gasteiger partial charge is 0.245 e. The van der Waals surface area contributed by atoms with Gasteiger partial charge in [0.05, 0.1) is 11.9 Å². The zero-order valence-electron chi connectivity index (χ0n) is 15.9. The number of carbonyl (C=O) groups excluding carboxylic acids is 1. The van der Waals surface area contributed by atoms with Crippen LogP contribution in [0.25, 0.3) is 0 Å². The average Bonchev–Trinajstić information content (AvgIpc) is 2.56. The summed E-state index contributed by atoms with van der Waals surface area (Å²) in [6.07, 6.45) is 1.12. The summed E-state index contributed by atoms with van der Waals surface area (Å²) in [6, 6.07) is 12.9. The SMILES string of the molecule is Cc1cccc(NC(=O)CN(c2ccccc2C(C)C)S(C)(=O)=O)c1C. The Morgan fingerprint density at radius 1 is 1.08 bits per heavy atom. The van der Waals surface area contributed by atoms with E-state index in [1.807, 2.05) is 58.0 Å². The fourth-order valence-electron chi connectivity index (χ4n) is 2.79. The van der Waals surface area contributed by atoms with E-state index in [9.17, 15) is 13.2 Å². The number of anilines is 2. The number of benzene rings is 2. The molecule has 0 saturated carbocycles. The van der Waals surface area contributed by atoms with E-state index in [1.165, 1.54) is 4.31 Å². The molecule has 0 radical (unpaired) electrons. The third-order valence-electron chi connectivity index (χ3n) is 4.39. The molecule has 0 aromatic heterocycles. The van der Waals surface area contributed by atoms with E-state index >= 15 is 0 Å². The molecule has 0 heterocycles. The van der Waals surface area contributed by atoms with Crippen molar-refractivity contribution in [1.29, 1.82) is 0 Å². The van der Waals surface area contributed by atoms with Gasteiger partial charge in [-0.3, -0.25) is 9.10 Å². The van der Waals surface area contributed by atoms with Crippen molar-refractivity contribution in [3.05, 3.63) is 59.2 Å². The van der Waals surface area contributed by atoms with Crippen LogP contribution in [0.5, 0.6) is 0 Å². The van der Waals surface area contributed by atoms with Crippen LogP contribution in [0.4, 0.5) is 11.4 Å². The van der Waals surface area contributed by atoms with Crippen LogP contribution in [0.1, 0.15) is 36.5 Å².